The second kappa shape index (κ2) is 7.26. The lowest BCUT2D eigenvalue weighted by Crippen LogP contribution is -2.46. The Morgan fingerprint density at radius 1 is 1.40 bits per heavy atom. The molecule has 1 saturated heterocycles. The summed E-state index contributed by atoms with van der Waals surface area (Å²) in [6, 6.07) is 6.45. The van der Waals surface area contributed by atoms with E-state index in [1.54, 1.807) is 0 Å². The van der Waals surface area contributed by atoms with Crippen LogP contribution in [0.2, 0.25) is 5.02 Å². The minimum Gasteiger partial charge on any atom is -0.375 e. The van der Waals surface area contributed by atoms with Gasteiger partial charge in [0.1, 0.15) is 0 Å². The molecule has 1 aromatic rings. The second-order valence-corrected chi connectivity index (χ2v) is 6.84. The van der Waals surface area contributed by atoms with Crippen molar-refractivity contribution in [3.05, 3.63) is 33.3 Å². The Morgan fingerprint density at radius 2 is 2.15 bits per heavy atom. The Labute approximate surface area is 135 Å². The Hall–Kier alpha value is -0.0900. The maximum Gasteiger partial charge on any atom is 0.0692 e. The van der Waals surface area contributed by atoms with E-state index in [0.717, 1.165) is 48.3 Å². The van der Waals surface area contributed by atoms with Crippen LogP contribution in [-0.2, 0) is 11.3 Å². The van der Waals surface area contributed by atoms with Gasteiger partial charge in [-0.25, -0.2) is 0 Å². The summed E-state index contributed by atoms with van der Waals surface area (Å²) in [5.74, 6) is 0. The van der Waals surface area contributed by atoms with Crippen molar-refractivity contribution in [1.82, 2.24) is 5.32 Å². The smallest absolute Gasteiger partial charge is 0.0692 e. The first kappa shape index (κ1) is 16.3. The van der Waals surface area contributed by atoms with Gasteiger partial charge in [0.05, 0.1) is 5.60 Å². The molecule has 20 heavy (non-hydrogen) atoms. The van der Waals surface area contributed by atoms with Gasteiger partial charge in [-0.05, 0) is 49.4 Å². The maximum absolute atomic E-state index is 6.06. The number of halogens is 2. The summed E-state index contributed by atoms with van der Waals surface area (Å²) in [6.45, 7) is 6.14. The standard InChI is InChI=1S/C16H23BrClNO/c1-3-16(4-2)10-14(7-8-20-16)19-11-12-9-13(18)5-6-15(12)17/h5-6,9,14,19H,3-4,7-8,10-11H2,1-2H3. The number of nitrogens with one attached hydrogen (secondary N) is 1. The number of hydrogen-bond acceptors (Lipinski definition) is 2. The molecule has 0 saturated carbocycles. The SMILES string of the molecule is CCC1(CC)CC(NCc2cc(Cl)ccc2Br)CCO1. The van der Waals surface area contributed by atoms with Crippen LogP contribution in [0.1, 0.15) is 45.1 Å². The maximum atomic E-state index is 6.06. The van der Waals surface area contributed by atoms with Gasteiger partial charge in [-0.1, -0.05) is 41.4 Å². The summed E-state index contributed by atoms with van der Waals surface area (Å²) >= 11 is 9.64. The molecule has 2 nitrogen and oxygen atoms in total. The quantitative estimate of drug-likeness (QED) is 0.804. The van der Waals surface area contributed by atoms with E-state index in [4.69, 9.17) is 16.3 Å². The fourth-order valence-corrected chi connectivity index (χ4v) is 3.46. The van der Waals surface area contributed by atoms with Gasteiger partial charge in [-0.15, -0.1) is 0 Å². The highest BCUT2D eigenvalue weighted by atomic mass is 79.9. The first-order valence-corrected chi connectivity index (χ1v) is 8.57. The van der Waals surface area contributed by atoms with Crippen molar-refractivity contribution in [3.63, 3.8) is 0 Å². The minimum atomic E-state index is 0.0709. The van der Waals surface area contributed by atoms with Crippen molar-refractivity contribution >= 4 is 27.5 Å². The van der Waals surface area contributed by atoms with Crippen LogP contribution in [0, 0.1) is 0 Å². The predicted molar refractivity (Wildman–Crippen MR) is 88.3 cm³/mol. The summed E-state index contributed by atoms with van der Waals surface area (Å²) in [5, 5.41) is 4.45. The molecule has 0 amide bonds. The molecule has 1 fully saturated rings. The molecule has 1 heterocycles. The average molecular weight is 361 g/mol. The van der Waals surface area contributed by atoms with Crippen molar-refractivity contribution in [1.29, 1.82) is 0 Å². The zero-order chi connectivity index (χ0) is 14.6. The Bertz CT molecular complexity index is 448. The number of benzene rings is 1. The summed E-state index contributed by atoms with van der Waals surface area (Å²) < 4.78 is 7.13. The van der Waals surface area contributed by atoms with Crippen LogP contribution in [0.15, 0.2) is 22.7 Å². The van der Waals surface area contributed by atoms with Crippen LogP contribution in [0.4, 0.5) is 0 Å². The van der Waals surface area contributed by atoms with Crippen LogP contribution in [-0.4, -0.2) is 18.2 Å². The molecule has 112 valence electrons. The van der Waals surface area contributed by atoms with Gasteiger partial charge in [0.15, 0.2) is 0 Å². The molecule has 2 rings (SSSR count). The van der Waals surface area contributed by atoms with Gasteiger partial charge in [0.2, 0.25) is 0 Å². The van der Waals surface area contributed by atoms with E-state index in [2.05, 4.69) is 35.1 Å². The average Bonchev–Trinajstić information content (AvgIpc) is 2.48. The van der Waals surface area contributed by atoms with Crippen molar-refractivity contribution in [2.75, 3.05) is 6.61 Å². The summed E-state index contributed by atoms with van der Waals surface area (Å²) in [7, 11) is 0. The lowest BCUT2D eigenvalue weighted by Gasteiger charge is -2.40. The monoisotopic (exact) mass is 359 g/mol. The number of ether oxygens (including phenoxy) is 1. The molecule has 1 N–H and O–H groups in total. The highest BCUT2D eigenvalue weighted by Crippen LogP contribution is 2.31. The van der Waals surface area contributed by atoms with Crippen LogP contribution >= 0.6 is 27.5 Å². The minimum absolute atomic E-state index is 0.0709. The number of hydrogen-bond donors (Lipinski definition) is 1. The van der Waals surface area contributed by atoms with E-state index in [0.29, 0.717) is 6.04 Å². The third-order valence-electron chi connectivity index (χ3n) is 4.37. The number of rotatable bonds is 5. The Balaban J connectivity index is 1.95. The van der Waals surface area contributed by atoms with Gasteiger partial charge in [-0.2, -0.15) is 0 Å². The van der Waals surface area contributed by atoms with Gasteiger partial charge < -0.3 is 10.1 Å². The normalized spacial score (nSPS) is 21.9. The molecule has 1 aromatic carbocycles. The fraction of sp³-hybridized carbons (Fsp3) is 0.625. The molecule has 0 bridgehead atoms. The molecule has 1 aliphatic heterocycles. The van der Waals surface area contributed by atoms with Gasteiger partial charge in [0.25, 0.3) is 0 Å². The molecular formula is C16H23BrClNO. The van der Waals surface area contributed by atoms with Crippen molar-refractivity contribution < 1.29 is 4.74 Å². The first-order chi connectivity index (χ1) is 9.58. The third kappa shape index (κ3) is 3.97. The second-order valence-electron chi connectivity index (χ2n) is 5.54. The highest BCUT2D eigenvalue weighted by Gasteiger charge is 2.34. The van der Waals surface area contributed by atoms with Gasteiger partial charge in [0, 0.05) is 28.7 Å². The zero-order valence-electron chi connectivity index (χ0n) is 12.2. The van der Waals surface area contributed by atoms with E-state index in [1.165, 1.54) is 5.56 Å². The molecule has 0 aromatic heterocycles. The van der Waals surface area contributed by atoms with Gasteiger partial charge in [-0.3, -0.25) is 0 Å². The van der Waals surface area contributed by atoms with Crippen LogP contribution < -0.4 is 5.32 Å². The first-order valence-electron chi connectivity index (χ1n) is 7.40. The molecular weight excluding hydrogens is 338 g/mol. The molecule has 1 atom stereocenters. The van der Waals surface area contributed by atoms with E-state index < -0.39 is 0 Å². The van der Waals surface area contributed by atoms with Gasteiger partial charge >= 0.3 is 0 Å². The molecule has 4 heteroatoms. The van der Waals surface area contributed by atoms with Crippen molar-refractivity contribution in [2.24, 2.45) is 0 Å². The van der Waals surface area contributed by atoms with Crippen molar-refractivity contribution in [3.8, 4) is 0 Å². The lowest BCUT2D eigenvalue weighted by molar-refractivity contribution is -0.0932. The third-order valence-corrected chi connectivity index (χ3v) is 5.38. The zero-order valence-corrected chi connectivity index (χ0v) is 14.6. The van der Waals surface area contributed by atoms with Crippen LogP contribution in [0.5, 0.6) is 0 Å². The van der Waals surface area contributed by atoms with Crippen LogP contribution in [0.3, 0.4) is 0 Å². The fourth-order valence-electron chi connectivity index (χ4n) is 2.88. The van der Waals surface area contributed by atoms with E-state index in [9.17, 15) is 0 Å². The molecule has 0 spiro atoms. The molecule has 0 aliphatic carbocycles. The molecule has 1 aliphatic rings. The summed E-state index contributed by atoms with van der Waals surface area (Å²) in [5.41, 5.74) is 1.28. The highest BCUT2D eigenvalue weighted by molar-refractivity contribution is 9.10. The predicted octanol–water partition coefficient (Wildman–Crippen LogP) is 4.93. The van der Waals surface area contributed by atoms with E-state index in [1.807, 2.05) is 18.2 Å². The van der Waals surface area contributed by atoms with E-state index in [-0.39, 0.29) is 5.60 Å². The molecule has 1 unspecified atom stereocenters. The topological polar surface area (TPSA) is 21.3 Å². The summed E-state index contributed by atoms with van der Waals surface area (Å²) in [4.78, 5) is 0. The lowest BCUT2D eigenvalue weighted by atomic mass is 9.86. The van der Waals surface area contributed by atoms with E-state index >= 15 is 0 Å². The van der Waals surface area contributed by atoms with Crippen molar-refractivity contribution in [2.45, 2.75) is 57.7 Å². The summed E-state index contributed by atoms with van der Waals surface area (Å²) in [6.07, 6.45) is 4.35. The van der Waals surface area contributed by atoms with Crippen LogP contribution in [0.25, 0.3) is 0 Å². The molecule has 0 radical (unpaired) electrons. The Morgan fingerprint density at radius 3 is 2.85 bits per heavy atom. The Kier molecular flexibility index (Phi) is 5.91. The largest absolute Gasteiger partial charge is 0.375 e.